The van der Waals surface area contributed by atoms with Crippen LogP contribution in [0.15, 0.2) is 48.5 Å². The second-order valence-electron chi connectivity index (χ2n) is 6.44. The summed E-state index contributed by atoms with van der Waals surface area (Å²) in [6, 6.07) is 17.4. The zero-order valence-corrected chi connectivity index (χ0v) is 15.5. The van der Waals surface area contributed by atoms with Crippen LogP contribution in [0, 0.1) is 11.3 Å². The number of anilines is 2. The normalized spacial score (nSPS) is 13.8. The van der Waals surface area contributed by atoms with Crippen LogP contribution < -0.4 is 15.0 Å². The standard InChI is InChI=1S/C21H24N4O2/c1-27-20-7-5-19(6-8-20)24-11-13-25(14-12-24)21(26)9-10-23-18-4-2-3-17(15-18)16-22/h2-8,15,23H,9-14H2,1H3. The van der Waals surface area contributed by atoms with E-state index in [1.54, 1.807) is 19.2 Å². The first-order valence-corrected chi connectivity index (χ1v) is 9.10. The largest absolute Gasteiger partial charge is 0.497 e. The van der Waals surface area contributed by atoms with Crippen LogP contribution >= 0.6 is 0 Å². The number of methoxy groups -OCH3 is 1. The molecule has 0 aliphatic carbocycles. The van der Waals surface area contributed by atoms with Crippen molar-refractivity contribution in [2.24, 2.45) is 0 Å². The molecule has 27 heavy (non-hydrogen) atoms. The maximum atomic E-state index is 12.4. The molecule has 0 saturated carbocycles. The van der Waals surface area contributed by atoms with E-state index in [1.165, 1.54) is 0 Å². The molecule has 1 saturated heterocycles. The third-order valence-electron chi connectivity index (χ3n) is 4.73. The number of hydrogen-bond acceptors (Lipinski definition) is 5. The number of nitrogens with zero attached hydrogens (tertiary/aromatic N) is 3. The van der Waals surface area contributed by atoms with Gasteiger partial charge in [0.25, 0.3) is 0 Å². The third-order valence-corrected chi connectivity index (χ3v) is 4.73. The van der Waals surface area contributed by atoms with Crippen LogP contribution in [0.2, 0.25) is 0 Å². The van der Waals surface area contributed by atoms with Gasteiger partial charge in [0.05, 0.1) is 18.7 Å². The Labute approximate surface area is 160 Å². The Morgan fingerprint density at radius 2 is 1.89 bits per heavy atom. The molecule has 0 unspecified atom stereocenters. The van der Waals surface area contributed by atoms with E-state index < -0.39 is 0 Å². The van der Waals surface area contributed by atoms with Crippen LogP contribution in [-0.4, -0.2) is 50.6 Å². The first-order chi connectivity index (χ1) is 13.2. The summed E-state index contributed by atoms with van der Waals surface area (Å²) in [4.78, 5) is 16.6. The van der Waals surface area contributed by atoms with Crippen molar-refractivity contribution in [2.75, 3.05) is 50.1 Å². The lowest BCUT2D eigenvalue weighted by Crippen LogP contribution is -2.49. The number of ether oxygens (including phenoxy) is 1. The number of amides is 1. The van der Waals surface area contributed by atoms with Crippen LogP contribution in [0.5, 0.6) is 5.75 Å². The molecule has 3 rings (SSSR count). The van der Waals surface area contributed by atoms with Gasteiger partial charge in [-0.05, 0) is 42.5 Å². The molecule has 1 N–H and O–H groups in total. The number of piperazine rings is 1. The fourth-order valence-corrected chi connectivity index (χ4v) is 3.18. The lowest BCUT2D eigenvalue weighted by Gasteiger charge is -2.36. The van der Waals surface area contributed by atoms with Crippen molar-refractivity contribution in [1.82, 2.24) is 4.90 Å². The van der Waals surface area contributed by atoms with E-state index in [2.05, 4.69) is 28.4 Å². The number of carbonyl (C=O) groups is 1. The summed E-state index contributed by atoms with van der Waals surface area (Å²) in [5.74, 6) is 1.01. The van der Waals surface area contributed by atoms with Crippen LogP contribution in [0.4, 0.5) is 11.4 Å². The summed E-state index contributed by atoms with van der Waals surface area (Å²) in [5.41, 5.74) is 2.63. The molecule has 6 heteroatoms. The highest BCUT2D eigenvalue weighted by atomic mass is 16.5. The molecule has 0 atom stereocenters. The summed E-state index contributed by atoms with van der Waals surface area (Å²) in [6.45, 7) is 3.68. The van der Waals surface area contributed by atoms with Crippen LogP contribution in [-0.2, 0) is 4.79 Å². The number of hydrogen-bond donors (Lipinski definition) is 1. The number of nitriles is 1. The summed E-state index contributed by atoms with van der Waals surface area (Å²) < 4.78 is 5.19. The van der Waals surface area contributed by atoms with E-state index in [9.17, 15) is 4.79 Å². The molecule has 0 bridgehead atoms. The van der Waals surface area contributed by atoms with Gasteiger partial charge in [-0.25, -0.2) is 0 Å². The monoisotopic (exact) mass is 364 g/mol. The van der Waals surface area contributed by atoms with Crippen LogP contribution in [0.1, 0.15) is 12.0 Å². The predicted molar refractivity (Wildman–Crippen MR) is 106 cm³/mol. The molecule has 1 heterocycles. The quantitative estimate of drug-likeness (QED) is 0.854. The van der Waals surface area contributed by atoms with Crippen molar-refractivity contribution in [1.29, 1.82) is 5.26 Å². The van der Waals surface area contributed by atoms with Crippen molar-refractivity contribution in [3.63, 3.8) is 0 Å². The van der Waals surface area contributed by atoms with Gasteiger partial charge >= 0.3 is 0 Å². The second kappa shape index (κ2) is 8.95. The Balaban J connectivity index is 1.43. The minimum Gasteiger partial charge on any atom is -0.497 e. The van der Waals surface area contributed by atoms with Gasteiger partial charge in [0, 0.05) is 50.5 Å². The number of benzene rings is 2. The lowest BCUT2D eigenvalue weighted by atomic mass is 10.2. The van der Waals surface area contributed by atoms with Crippen LogP contribution in [0.25, 0.3) is 0 Å². The van der Waals surface area contributed by atoms with E-state index in [-0.39, 0.29) is 5.91 Å². The fraction of sp³-hybridized carbons (Fsp3) is 0.333. The molecule has 0 aromatic heterocycles. The highest BCUT2D eigenvalue weighted by Gasteiger charge is 2.20. The summed E-state index contributed by atoms with van der Waals surface area (Å²) in [5, 5.41) is 12.1. The van der Waals surface area contributed by atoms with Crippen molar-refractivity contribution in [2.45, 2.75) is 6.42 Å². The van der Waals surface area contributed by atoms with E-state index >= 15 is 0 Å². The maximum absolute atomic E-state index is 12.4. The molecule has 1 amide bonds. The number of rotatable bonds is 6. The van der Waals surface area contributed by atoms with Crippen molar-refractivity contribution < 1.29 is 9.53 Å². The molecule has 6 nitrogen and oxygen atoms in total. The number of carbonyl (C=O) groups excluding carboxylic acids is 1. The molecule has 1 aliphatic rings. The third kappa shape index (κ3) is 4.91. The van der Waals surface area contributed by atoms with E-state index in [0.717, 1.165) is 43.3 Å². The zero-order chi connectivity index (χ0) is 19.1. The summed E-state index contributed by atoms with van der Waals surface area (Å²) >= 11 is 0. The summed E-state index contributed by atoms with van der Waals surface area (Å²) in [7, 11) is 1.66. The van der Waals surface area contributed by atoms with Gasteiger partial charge in [-0.3, -0.25) is 4.79 Å². The first-order valence-electron chi connectivity index (χ1n) is 9.10. The molecule has 1 aliphatic heterocycles. The highest BCUT2D eigenvalue weighted by molar-refractivity contribution is 5.77. The average molecular weight is 364 g/mol. The smallest absolute Gasteiger partial charge is 0.224 e. The molecule has 0 radical (unpaired) electrons. The molecular weight excluding hydrogens is 340 g/mol. The van der Waals surface area contributed by atoms with Crippen molar-refractivity contribution >= 4 is 17.3 Å². The van der Waals surface area contributed by atoms with E-state index in [1.807, 2.05) is 29.2 Å². The summed E-state index contributed by atoms with van der Waals surface area (Å²) in [6.07, 6.45) is 0.444. The van der Waals surface area contributed by atoms with E-state index in [0.29, 0.717) is 18.5 Å². The molecular formula is C21H24N4O2. The average Bonchev–Trinajstić information content (AvgIpc) is 2.74. The highest BCUT2D eigenvalue weighted by Crippen LogP contribution is 2.20. The van der Waals surface area contributed by atoms with Gasteiger partial charge in [0.15, 0.2) is 0 Å². The lowest BCUT2D eigenvalue weighted by molar-refractivity contribution is -0.131. The van der Waals surface area contributed by atoms with Gasteiger partial charge in [0.1, 0.15) is 5.75 Å². The van der Waals surface area contributed by atoms with Crippen molar-refractivity contribution in [3.8, 4) is 11.8 Å². The SMILES string of the molecule is COc1ccc(N2CCN(C(=O)CCNc3cccc(C#N)c3)CC2)cc1. The van der Waals surface area contributed by atoms with E-state index in [4.69, 9.17) is 10.00 Å². The van der Waals surface area contributed by atoms with Gasteiger partial charge < -0.3 is 19.9 Å². The van der Waals surface area contributed by atoms with Gasteiger partial charge in [-0.2, -0.15) is 5.26 Å². The Bertz CT molecular complexity index is 806. The fourth-order valence-electron chi connectivity index (χ4n) is 3.18. The second-order valence-corrected chi connectivity index (χ2v) is 6.44. The molecule has 1 fully saturated rings. The minimum absolute atomic E-state index is 0.160. The Kier molecular flexibility index (Phi) is 6.16. The Hall–Kier alpha value is -3.20. The molecule has 2 aromatic carbocycles. The van der Waals surface area contributed by atoms with Gasteiger partial charge in [-0.1, -0.05) is 6.07 Å². The molecule has 140 valence electrons. The zero-order valence-electron chi connectivity index (χ0n) is 15.5. The first kappa shape index (κ1) is 18.6. The Morgan fingerprint density at radius 1 is 1.15 bits per heavy atom. The minimum atomic E-state index is 0.160. The predicted octanol–water partition coefficient (Wildman–Crippen LogP) is 2.72. The number of nitrogens with one attached hydrogen (secondary N) is 1. The van der Waals surface area contributed by atoms with Crippen molar-refractivity contribution in [3.05, 3.63) is 54.1 Å². The van der Waals surface area contributed by atoms with Crippen LogP contribution in [0.3, 0.4) is 0 Å². The van der Waals surface area contributed by atoms with Gasteiger partial charge in [0.2, 0.25) is 5.91 Å². The van der Waals surface area contributed by atoms with Gasteiger partial charge in [-0.15, -0.1) is 0 Å². The maximum Gasteiger partial charge on any atom is 0.224 e. The Morgan fingerprint density at radius 3 is 2.56 bits per heavy atom. The molecule has 2 aromatic rings. The molecule has 0 spiro atoms. The topological polar surface area (TPSA) is 68.6 Å².